The molecule has 0 aromatic carbocycles. The van der Waals surface area contributed by atoms with E-state index in [1.165, 1.54) is 32.1 Å². The minimum Gasteiger partial charge on any atom is -0.381 e. The van der Waals surface area contributed by atoms with Gasteiger partial charge in [-0.05, 0) is 68.7 Å². The highest BCUT2D eigenvalue weighted by molar-refractivity contribution is 4.93. The predicted molar refractivity (Wildman–Crippen MR) is 74.5 cm³/mol. The van der Waals surface area contributed by atoms with Gasteiger partial charge in [0, 0.05) is 19.3 Å². The van der Waals surface area contributed by atoms with Crippen LogP contribution in [0.2, 0.25) is 0 Å². The smallest absolute Gasteiger partial charge is 0.0494 e. The van der Waals surface area contributed by atoms with E-state index in [-0.39, 0.29) is 0 Å². The lowest BCUT2D eigenvalue weighted by atomic mass is 9.76. The van der Waals surface area contributed by atoms with Crippen LogP contribution < -0.4 is 5.32 Å². The van der Waals surface area contributed by atoms with Crippen LogP contribution in [0.3, 0.4) is 0 Å². The van der Waals surface area contributed by atoms with Crippen molar-refractivity contribution in [2.24, 2.45) is 29.6 Å². The maximum absolute atomic E-state index is 5.60. The second-order valence-corrected chi connectivity index (χ2v) is 7.07. The molecule has 1 aliphatic heterocycles. The largest absolute Gasteiger partial charge is 0.381 e. The van der Waals surface area contributed by atoms with Crippen molar-refractivity contribution in [2.45, 2.75) is 51.5 Å². The first-order chi connectivity index (χ1) is 8.78. The summed E-state index contributed by atoms with van der Waals surface area (Å²) in [4.78, 5) is 0. The molecular formula is C16H29NO. The Morgan fingerprint density at radius 2 is 2.11 bits per heavy atom. The Hall–Kier alpha value is -0.0800. The molecule has 2 bridgehead atoms. The van der Waals surface area contributed by atoms with E-state index in [0.717, 1.165) is 48.8 Å². The summed E-state index contributed by atoms with van der Waals surface area (Å²) < 4.78 is 5.60. The van der Waals surface area contributed by atoms with Crippen LogP contribution in [0.15, 0.2) is 0 Å². The molecule has 2 saturated carbocycles. The maximum atomic E-state index is 5.60. The minimum absolute atomic E-state index is 0.730. The van der Waals surface area contributed by atoms with Crippen molar-refractivity contribution < 1.29 is 4.74 Å². The summed E-state index contributed by atoms with van der Waals surface area (Å²) in [6, 6.07) is 0.730. The first-order valence-electron chi connectivity index (χ1n) is 8.03. The highest BCUT2D eigenvalue weighted by Gasteiger charge is 2.41. The summed E-state index contributed by atoms with van der Waals surface area (Å²) >= 11 is 0. The highest BCUT2D eigenvalue weighted by Crippen LogP contribution is 2.50. The zero-order valence-corrected chi connectivity index (χ0v) is 12.0. The van der Waals surface area contributed by atoms with Gasteiger partial charge in [0.25, 0.3) is 0 Å². The predicted octanol–water partition coefficient (Wildman–Crippen LogP) is 3.07. The van der Waals surface area contributed by atoms with Crippen molar-refractivity contribution >= 4 is 0 Å². The van der Waals surface area contributed by atoms with Crippen LogP contribution in [0, 0.1) is 29.6 Å². The molecular weight excluding hydrogens is 222 g/mol. The van der Waals surface area contributed by atoms with Crippen molar-refractivity contribution in [1.29, 1.82) is 0 Å². The fourth-order valence-electron chi connectivity index (χ4n) is 4.99. The van der Waals surface area contributed by atoms with Crippen molar-refractivity contribution in [1.82, 2.24) is 5.32 Å². The summed E-state index contributed by atoms with van der Waals surface area (Å²) in [5, 5.41) is 3.63. The van der Waals surface area contributed by atoms with Crippen LogP contribution >= 0.6 is 0 Å². The van der Waals surface area contributed by atoms with E-state index in [4.69, 9.17) is 4.74 Å². The molecule has 3 aliphatic rings. The average molecular weight is 251 g/mol. The number of nitrogens with one attached hydrogen (secondary N) is 1. The lowest BCUT2D eigenvalue weighted by Gasteiger charge is -2.37. The lowest BCUT2D eigenvalue weighted by molar-refractivity contribution is 0.00742. The molecule has 0 radical (unpaired) electrons. The zero-order valence-electron chi connectivity index (χ0n) is 12.0. The van der Waals surface area contributed by atoms with Crippen LogP contribution in [0.1, 0.15) is 45.4 Å². The fraction of sp³-hybridized carbons (Fsp3) is 1.00. The van der Waals surface area contributed by atoms with Gasteiger partial charge in [-0.2, -0.15) is 0 Å². The van der Waals surface area contributed by atoms with E-state index in [0.29, 0.717) is 0 Å². The molecule has 3 rings (SSSR count). The number of hydrogen-bond acceptors (Lipinski definition) is 2. The minimum atomic E-state index is 0.730. The highest BCUT2D eigenvalue weighted by atomic mass is 16.5. The SMILES string of the molecule is CNC(CC1CC2CCC1C2)C1CCOCC1C. The van der Waals surface area contributed by atoms with Crippen molar-refractivity contribution in [3.63, 3.8) is 0 Å². The van der Waals surface area contributed by atoms with Gasteiger partial charge in [0.2, 0.25) is 0 Å². The summed E-state index contributed by atoms with van der Waals surface area (Å²) in [6.45, 7) is 4.32. The topological polar surface area (TPSA) is 21.3 Å². The van der Waals surface area contributed by atoms with Gasteiger partial charge in [-0.15, -0.1) is 0 Å². The molecule has 104 valence electrons. The Bertz CT molecular complexity index is 280. The second kappa shape index (κ2) is 5.50. The van der Waals surface area contributed by atoms with Gasteiger partial charge in [0.05, 0.1) is 0 Å². The van der Waals surface area contributed by atoms with Crippen LogP contribution in [0.4, 0.5) is 0 Å². The molecule has 1 N–H and O–H groups in total. The van der Waals surface area contributed by atoms with Gasteiger partial charge in [0.15, 0.2) is 0 Å². The molecule has 6 atom stereocenters. The first kappa shape index (κ1) is 12.9. The van der Waals surface area contributed by atoms with Gasteiger partial charge in [-0.1, -0.05) is 13.3 Å². The number of ether oxygens (including phenoxy) is 1. The Morgan fingerprint density at radius 3 is 2.72 bits per heavy atom. The van der Waals surface area contributed by atoms with E-state index in [1.807, 2.05) is 0 Å². The van der Waals surface area contributed by atoms with E-state index < -0.39 is 0 Å². The van der Waals surface area contributed by atoms with Crippen molar-refractivity contribution in [3.05, 3.63) is 0 Å². The molecule has 18 heavy (non-hydrogen) atoms. The van der Waals surface area contributed by atoms with E-state index in [9.17, 15) is 0 Å². The van der Waals surface area contributed by atoms with Gasteiger partial charge < -0.3 is 10.1 Å². The molecule has 0 aromatic rings. The Morgan fingerprint density at radius 1 is 1.22 bits per heavy atom. The van der Waals surface area contributed by atoms with Gasteiger partial charge in [-0.3, -0.25) is 0 Å². The third kappa shape index (κ3) is 2.46. The lowest BCUT2D eigenvalue weighted by Crippen LogP contribution is -2.43. The van der Waals surface area contributed by atoms with E-state index in [1.54, 1.807) is 6.42 Å². The number of rotatable bonds is 4. The Labute approximate surface area is 112 Å². The molecule has 1 heterocycles. The molecule has 3 fully saturated rings. The number of hydrogen-bond donors (Lipinski definition) is 1. The standard InChI is InChI=1S/C16H29NO/c1-11-10-18-6-5-15(11)16(17-2)9-14-8-12-3-4-13(14)7-12/h11-17H,3-10H2,1-2H3. The third-order valence-corrected chi connectivity index (χ3v) is 6.04. The molecule has 0 amide bonds. The molecule has 0 spiro atoms. The first-order valence-corrected chi connectivity index (χ1v) is 8.03. The van der Waals surface area contributed by atoms with E-state index >= 15 is 0 Å². The average Bonchev–Trinajstić information content (AvgIpc) is 2.99. The van der Waals surface area contributed by atoms with Gasteiger partial charge in [0.1, 0.15) is 0 Å². The molecule has 2 aliphatic carbocycles. The molecule has 6 unspecified atom stereocenters. The van der Waals surface area contributed by atoms with E-state index in [2.05, 4.69) is 19.3 Å². The van der Waals surface area contributed by atoms with Gasteiger partial charge in [-0.25, -0.2) is 0 Å². The van der Waals surface area contributed by atoms with Crippen LogP contribution in [-0.4, -0.2) is 26.3 Å². The third-order valence-electron chi connectivity index (χ3n) is 6.04. The van der Waals surface area contributed by atoms with Crippen molar-refractivity contribution in [2.75, 3.05) is 20.3 Å². The molecule has 1 saturated heterocycles. The van der Waals surface area contributed by atoms with Crippen molar-refractivity contribution in [3.8, 4) is 0 Å². The molecule has 0 aromatic heterocycles. The van der Waals surface area contributed by atoms with Crippen LogP contribution in [-0.2, 0) is 4.74 Å². The quantitative estimate of drug-likeness (QED) is 0.829. The summed E-state index contributed by atoms with van der Waals surface area (Å²) in [5.74, 6) is 4.75. The zero-order chi connectivity index (χ0) is 12.5. The Balaban J connectivity index is 1.58. The normalized spacial score (nSPS) is 45.3. The Kier molecular flexibility index (Phi) is 3.95. The maximum Gasteiger partial charge on any atom is 0.0494 e. The summed E-state index contributed by atoms with van der Waals surface area (Å²) in [6.07, 6.45) is 8.80. The molecule has 2 nitrogen and oxygen atoms in total. The monoisotopic (exact) mass is 251 g/mol. The summed E-state index contributed by atoms with van der Waals surface area (Å²) in [5.41, 5.74) is 0. The van der Waals surface area contributed by atoms with Crippen LogP contribution in [0.25, 0.3) is 0 Å². The second-order valence-electron chi connectivity index (χ2n) is 7.07. The number of fused-ring (bicyclic) bond motifs is 2. The fourth-order valence-corrected chi connectivity index (χ4v) is 4.99. The summed E-state index contributed by atoms with van der Waals surface area (Å²) in [7, 11) is 2.17. The van der Waals surface area contributed by atoms with Crippen LogP contribution in [0.5, 0.6) is 0 Å². The molecule has 2 heteroatoms. The van der Waals surface area contributed by atoms with Gasteiger partial charge >= 0.3 is 0 Å².